The molecule has 0 heterocycles. The minimum atomic E-state index is -1.32. The molecule has 5 saturated carbocycles. The highest BCUT2D eigenvalue weighted by atomic mass is 16.4. The first-order valence-corrected chi connectivity index (χ1v) is 17.0. The van der Waals surface area contributed by atoms with Crippen LogP contribution < -0.4 is 0 Å². The molecule has 15 atom stereocenters. The molecule has 0 saturated heterocycles. The molecule has 0 radical (unpaired) electrons. The molecule has 5 aliphatic carbocycles. The predicted octanol–water partition coefficient (Wildman–Crippen LogP) is 4.91. The minimum absolute atomic E-state index is 0.0545. The van der Waals surface area contributed by atoms with Gasteiger partial charge in [-0.15, -0.1) is 0 Å². The van der Waals surface area contributed by atoms with Crippen LogP contribution in [0.2, 0.25) is 0 Å². The highest BCUT2D eigenvalue weighted by molar-refractivity contribution is 5.22. The summed E-state index contributed by atoms with van der Waals surface area (Å²) in [6.45, 7) is 16.3. The summed E-state index contributed by atoms with van der Waals surface area (Å²) in [6, 6.07) is 0. The predicted molar refractivity (Wildman–Crippen MR) is 161 cm³/mol. The van der Waals surface area contributed by atoms with Gasteiger partial charge in [-0.2, -0.15) is 0 Å². The summed E-state index contributed by atoms with van der Waals surface area (Å²) < 4.78 is 0. The third-order valence-electron chi connectivity index (χ3n) is 15.2. The van der Waals surface area contributed by atoms with Gasteiger partial charge in [0.1, 0.15) is 12.2 Å². The van der Waals surface area contributed by atoms with Crippen molar-refractivity contribution in [1.29, 1.82) is 0 Å². The second-order valence-electron chi connectivity index (χ2n) is 17.5. The molecule has 5 unspecified atom stereocenters. The monoisotopic (exact) mass is 578 g/mol. The molecular formula is C35H62O6. The van der Waals surface area contributed by atoms with Gasteiger partial charge in [0.15, 0.2) is 0 Å². The van der Waals surface area contributed by atoms with Crippen molar-refractivity contribution in [2.45, 2.75) is 150 Å². The van der Waals surface area contributed by atoms with Gasteiger partial charge >= 0.3 is 0 Å². The van der Waals surface area contributed by atoms with E-state index in [0.717, 1.165) is 51.4 Å². The van der Waals surface area contributed by atoms with E-state index in [4.69, 9.17) is 5.11 Å². The van der Waals surface area contributed by atoms with Gasteiger partial charge in [-0.25, -0.2) is 0 Å². The van der Waals surface area contributed by atoms with Crippen LogP contribution in [0.5, 0.6) is 0 Å². The molecule has 6 nitrogen and oxygen atoms in total. The number of hydrogen-bond donors (Lipinski definition) is 6. The summed E-state index contributed by atoms with van der Waals surface area (Å²) in [7, 11) is 0. The van der Waals surface area contributed by atoms with Gasteiger partial charge in [0.05, 0.1) is 24.9 Å². The van der Waals surface area contributed by atoms with Gasteiger partial charge in [-0.05, 0) is 127 Å². The van der Waals surface area contributed by atoms with Crippen LogP contribution in [0, 0.1) is 62.6 Å². The lowest BCUT2D eigenvalue weighted by molar-refractivity contribution is -0.294. The lowest BCUT2D eigenvalue weighted by Gasteiger charge is -2.74. The third kappa shape index (κ3) is 4.62. The van der Waals surface area contributed by atoms with Crippen LogP contribution >= 0.6 is 0 Å². The van der Waals surface area contributed by atoms with Gasteiger partial charge < -0.3 is 30.6 Å². The molecule has 41 heavy (non-hydrogen) atoms. The molecule has 0 aromatic carbocycles. The average Bonchev–Trinajstić information content (AvgIpc) is 3.23. The van der Waals surface area contributed by atoms with E-state index >= 15 is 0 Å². The van der Waals surface area contributed by atoms with Crippen molar-refractivity contribution in [3.8, 4) is 0 Å². The van der Waals surface area contributed by atoms with Crippen LogP contribution in [0.1, 0.15) is 119 Å². The van der Waals surface area contributed by atoms with E-state index in [9.17, 15) is 25.5 Å². The molecule has 0 amide bonds. The van der Waals surface area contributed by atoms with Crippen LogP contribution in [0.15, 0.2) is 0 Å². The van der Waals surface area contributed by atoms with E-state index in [1.54, 1.807) is 0 Å². The lowest BCUT2D eigenvalue weighted by Crippen LogP contribution is -2.71. The van der Waals surface area contributed by atoms with Gasteiger partial charge in [0.2, 0.25) is 0 Å². The summed E-state index contributed by atoms with van der Waals surface area (Å²) in [4.78, 5) is 0. The number of rotatable bonds is 7. The van der Waals surface area contributed by atoms with Crippen LogP contribution in [0.25, 0.3) is 0 Å². The maximum atomic E-state index is 12.2. The Morgan fingerprint density at radius 1 is 0.732 bits per heavy atom. The van der Waals surface area contributed by atoms with Gasteiger partial charge in [-0.1, -0.05) is 54.9 Å². The van der Waals surface area contributed by atoms with E-state index in [-0.39, 0.29) is 51.1 Å². The Morgan fingerprint density at radius 2 is 1.41 bits per heavy atom. The van der Waals surface area contributed by atoms with Crippen molar-refractivity contribution in [2.24, 2.45) is 62.6 Å². The number of aliphatic hydroxyl groups excluding tert-OH is 6. The Balaban J connectivity index is 1.38. The average molecular weight is 579 g/mol. The first-order valence-electron chi connectivity index (χ1n) is 17.0. The van der Waals surface area contributed by atoms with Crippen LogP contribution in [0.3, 0.4) is 0 Å². The zero-order valence-corrected chi connectivity index (χ0v) is 27.0. The minimum Gasteiger partial charge on any atom is -0.394 e. The van der Waals surface area contributed by atoms with Crippen molar-refractivity contribution in [3.05, 3.63) is 0 Å². The summed E-state index contributed by atoms with van der Waals surface area (Å²) in [5.74, 6) is 2.35. The molecular weight excluding hydrogens is 516 g/mol. The van der Waals surface area contributed by atoms with E-state index < -0.39 is 24.9 Å². The third-order valence-corrected chi connectivity index (χ3v) is 15.2. The Labute approximate surface area is 249 Å². The standard InChI is InChI=1S/C35H62O6/c1-20(9-10-23(37)28(41)26(40)19-36)21-11-15-32(4)22(21)12-16-34(6)27(32)17-24(38)30-33(5)14-8-13-31(2,3)29(33)25(39)18-35(30,34)7/h20-30,36-41H,8-19H2,1-7H3/t20?,21-,22?,23-,24-,25+,26+,27?,28-,29?,30?,32+,33+,34-,35-/m1/s1. The molecule has 238 valence electrons. The maximum Gasteiger partial charge on any atom is 0.108 e. The molecule has 5 fully saturated rings. The summed E-state index contributed by atoms with van der Waals surface area (Å²) in [6.07, 6.45) is 6.56. The molecule has 0 spiro atoms. The van der Waals surface area contributed by atoms with E-state index in [1.807, 2.05) is 0 Å². The number of hydrogen-bond acceptors (Lipinski definition) is 6. The molecule has 0 aliphatic heterocycles. The number of aliphatic hydroxyl groups is 6. The van der Waals surface area contributed by atoms with Crippen molar-refractivity contribution in [1.82, 2.24) is 0 Å². The van der Waals surface area contributed by atoms with E-state index in [1.165, 1.54) is 12.8 Å². The Hall–Kier alpha value is -0.240. The van der Waals surface area contributed by atoms with Crippen LogP contribution in [-0.4, -0.2) is 67.8 Å². The van der Waals surface area contributed by atoms with Crippen molar-refractivity contribution in [2.75, 3.05) is 6.61 Å². The Morgan fingerprint density at radius 3 is 2.07 bits per heavy atom. The van der Waals surface area contributed by atoms with E-state index in [0.29, 0.717) is 30.1 Å². The second-order valence-corrected chi connectivity index (χ2v) is 17.5. The molecule has 0 aromatic heterocycles. The van der Waals surface area contributed by atoms with Gasteiger partial charge in [0.25, 0.3) is 0 Å². The second kappa shape index (κ2) is 10.7. The topological polar surface area (TPSA) is 121 Å². The quantitative estimate of drug-likeness (QED) is 0.255. The van der Waals surface area contributed by atoms with Crippen molar-refractivity contribution >= 4 is 0 Å². The summed E-state index contributed by atoms with van der Waals surface area (Å²) in [5, 5.41) is 63.6. The first kappa shape index (κ1) is 32.2. The Kier molecular flexibility index (Phi) is 8.38. The Bertz CT molecular complexity index is 955. The first-order chi connectivity index (χ1) is 19.0. The van der Waals surface area contributed by atoms with Gasteiger partial charge in [0, 0.05) is 0 Å². The highest BCUT2D eigenvalue weighted by Crippen LogP contribution is 2.78. The summed E-state index contributed by atoms with van der Waals surface area (Å²) in [5.41, 5.74) is 0.127. The SMILES string of the molecule is CC(CC[C@@H](O)[C@@H](O)[C@@H](O)CO)[C@H]1CC[C@@]2(C)C1CC[C@]1(C)C2C[C@@H](O)C2[C@@]3(C)CCCC(C)(C)C3[C@@H](O)C[C@]21C. The number of fused-ring (bicyclic) bond motifs is 7. The van der Waals surface area contributed by atoms with Crippen LogP contribution in [-0.2, 0) is 0 Å². The largest absolute Gasteiger partial charge is 0.394 e. The summed E-state index contributed by atoms with van der Waals surface area (Å²) >= 11 is 0. The lowest BCUT2D eigenvalue weighted by atomic mass is 9.31. The fraction of sp³-hybridized carbons (Fsp3) is 1.00. The maximum absolute atomic E-state index is 12.2. The fourth-order valence-corrected chi connectivity index (χ4v) is 13.4. The molecule has 0 bridgehead atoms. The zero-order chi connectivity index (χ0) is 30.3. The van der Waals surface area contributed by atoms with Gasteiger partial charge in [-0.3, -0.25) is 0 Å². The molecule has 0 aromatic rings. The normalized spacial score (nSPS) is 51.9. The smallest absolute Gasteiger partial charge is 0.108 e. The molecule has 5 rings (SSSR count). The highest BCUT2D eigenvalue weighted by Gasteiger charge is 2.73. The van der Waals surface area contributed by atoms with Crippen molar-refractivity contribution < 1.29 is 30.6 Å². The molecule has 5 aliphatic rings. The van der Waals surface area contributed by atoms with Crippen LogP contribution in [0.4, 0.5) is 0 Å². The molecule has 6 N–H and O–H groups in total. The fourth-order valence-electron chi connectivity index (χ4n) is 13.4. The van der Waals surface area contributed by atoms with Crippen molar-refractivity contribution in [3.63, 3.8) is 0 Å². The molecule has 6 heteroatoms. The van der Waals surface area contributed by atoms with E-state index in [2.05, 4.69) is 48.5 Å². The zero-order valence-electron chi connectivity index (χ0n) is 27.0.